The van der Waals surface area contributed by atoms with E-state index in [1.165, 1.54) is 24.6 Å². The molecule has 2 atom stereocenters. The Bertz CT molecular complexity index is 1040. The molecule has 30 heavy (non-hydrogen) atoms. The first kappa shape index (κ1) is 17.7. The Morgan fingerprint density at radius 2 is 1.77 bits per heavy atom. The highest BCUT2D eigenvalue weighted by molar-refractivity contribution is 5.59. The molecule has 1 aliphatic heterocycles. The van der Waals surface area contributed by atoms with Gasteiger partial charge in [-0.05, 0) is 54.4 Å². The van der Waals surface area contributed by atoms with Gasteiger partial charge in [0.05, 0.1) is 24.7 Å². The Morgan fingerprint density at radius 1 is 0.967 bits per heavy atom. The molecule has 0 spiro atoms. The molecule has 152 valence electrons. The number of hydrogen-bond donors (Lipinski definition) is 0. The van der Waals surface area contributed by atoms with Crippen molar-refractivity contribution in [1.82, 2.24) is 19.9 Å². The van der Waals surface area contributed by atoms with Crippen LogP contribution in [0.3, 0.4) is 0 Å². The van der Waals surface area contributed by atoms with E-state index in [2.05, 4.69) is 24.8 Å². The van der Waals surface area contributed by atoms with Crippen molar-refractivity contribution in [2.75, 3.05) is 24.6 Å². The Hall–Kier alpha value is -3.09. The summed E-state index contributed by atoms with van der Waals surface area (Å²) in [5.41, 5.74) is 2.30. The molecule has 0 N–H and O–H groups in total. The maximum atomic E-state index is 13.8. The van der Waals surface area contributed by atoms with Crippen LogP contribution in [-0.2, 0) is 0 Å². The Morgan fingerprint density at radius 3 is 2.43 bits per heavy atom. The first-order chi connectivity index (χ1) is 14.8. The van der Waals surface area contributed by atoms with E-state index in [1.807, 2.05) is 18.5 Å². The second-order valence-corrected chi connectivity index (χ2v) is 8.53. The molecule has 3 fully saturated rings. The fourth-order valence-corrected chi connectivity index (χ4v) is 4.58. The highest BCUT2D eigenvalue weighted by Gasteiger charge is 2.56. The molecule has 1 saturated heterocycles. The fourth-order valence-electron chi connectivity index (χ4n) is 4.58. The zero-order valence-electron chi connectivity index (χ0n) is 16.5. The molecule has 3 aromatic rings. The molecular weight excluding hydrogens is 381 g/mol. The summed E-state index contributed by atoms with van der Waals surface area (Å²) in [5.74, 6) is 3.76. The average molecular weight is 403 g/mol. The van der Waals surface area contributed by atoms with E-state index < -0.39 is 0 Å². The van der Waals surface area contributed by atoms with Gasteiger partial charge in [-0.15, -0.1) is 0 Å². The lowest BCUT2D eigenvalue weighted by molar-refractivity contribution is 0.282. The molecule has 2 aliphatic carbocycles. The Kier molecular flexibility index (Phi) is 4.14. The monoisotopic (exact) mass is 403 g/mol. The van der Waals surface area contributed by atoms with E-state index in [9.17, 15) is 4.39 Å². The largest absolute Gasteiger partial charge is 0.492 e. The highest BCUT2D eigenvalue weighted by Crippen LogP contribution is 2.52. The van der Waals surface area contributed by atoms with Crippen LogP contribution in [0.5, 0.6) is 5.75 Å². The minimum Gasteiger partial charge on any atom is -0.492 e. The number of nitrogens with zero attached hydrogens (tertiary/aromatic N) is 5. The number of fused-ring (bicyclic) bond motifs is 1. The number of piperidine rings is 1. The zero-order chi connectivity index (χ0) is 20.1. The molecule has 3 aliphatic rings. The maximum Gasteiger partial charge on any atom is 0.225 e. The third-order valence-corrected chi connectivity index (χ3v) is 6.59. The number of hydrogen-bond acceptors (Lipinski definition) is 6. The van der Waals surface area contributed by atoms with Crippen molar-refractivity contribution in [3.05, 3.63) is 60.6 Å². The van der Waals surface area contributed by atoms with Crippen LogP contribution in [0, 0.1) is 23.6 Å². The number of halogens is 1. The normalized spacial score (nSPS) is 24.6. The molecule has 2 unspecified atom stereocenters. The molecular formula is C23H22FN5O. The van der Waals surface area contributed by atoms with Crippen LogP contribution in [0.25, 0.3) is 11.3 Å². The third kappa shape index (κ3) is 3.28. The minimum absolute atomic E-state index is 0.375. The van der Waals surface area contributed by atoms with Crippen molar-refractivity contribution < 1.29 is 9.13 Å². The summed E-state index contributed by atoms with van der Waals surface area (Å²) in [4.78, 5) is 19.6. The summed E-state index contributed by atoms with van der Waals surface area (Å²) in [6, 6.07) is 5.26. The van der Waals surface area contributed by atoms with Crippen LogP contribution < -0.4 is 9.64 Å². The van der Waals surface area contributed by atoms with Crippen LogP contribution in [0.2, 0.25) is 0 Å². The van der Waals surface area contributed by atoms with Gasteiger partial charge in [0.15, 0.2) is 5.82 Å². The molecule has 0 aromatic carbocycles. The van der Waals surface area contributed by atoms with Crippen LogP contribution in [0.4, 0.5) is 10.3 Å². The third-order valence-electron chi connectivity index (χ3n) is 6.59. The van der Waals surface area contributed by atoms with Crippen LogP contribution in [0.1, 0.15) is 24.3 Å². The summed E-state index contributed by atoms with van der Waals surface area (Å²) in [6.45, 7) is 2.69. The van der Waals surface area contributed by atoms with Crippen molar-refractivity contribution in [3.63, 3.8) is 0 Å². The predicted molar refractivity (Wildman–Crippen MR) is 110 cm³/mol. The molecule has 0 amide bonds. The SMILES string of the molecule is Fc1cnccc1-c1ccc(OCC2C3CN(c4ncc(C5CC5)cn4)CC23)cn1. The molecule has 4 heterocycles. The van der Waals surface area contributed by atoms with Crippen molar-refractivity contribution in [3.8, 4) is 17.0 Å². The molecule has 6 rings (SSSR count). The van der Waals surface area contributed by atoms with Crippen molar-refractivity contribution >= 4 is 5.95 Å². The van der Waals surface area contributed by atoms with Gasteiger partial charge in [0.25, 0.3) is 0 Å². The van der Waals surface area contributed by atoms with Crippen molar-refractivity contribution in [2.24, 2.45) is 17.8 Å². The van der Waals surface area contributed by atoms with Gasteiger partial charge in [0.2, 0.25) is 5.95 Å². The van der Waals surface area contributed by atoms with Gasteiger partial charge in [-0.3, -0.25) is 9.97 Å². The van der Waals surface area contributed by atoms with E-state index in [1.54, 1.807) is 24.5 Å². The summed E-state index contributed by atoms with van der Waals surface area (Å²) in [5, 5.41) is 0. The number of anilines is 1. The first-order valence-electron chi connectivity index (χ1n) is 10.5. The lowest BCUT2D eigenvalue weighted by Gasteiger charge is -2.20. The summed E-state index contributed by atoms with van der Waals surface area (Å²) in [6.07, 6.45) is 11.0. The minimum atomic E-state index is -0.375. The number of aromatic nitrogens is 4. The van der Waals surface area contributed by atoms with Crippen LogP contribution in [-0.4, -0.2) is 39.6 Å². The maximum absolute atomic E-state index is 13.8. The molecule has 6 nitrogen and oxygen atoms in total. The number of pyridine rings is 2. The Labute approximate surface area is 174 Å². The lowest BCUT2D eigenvalue weighted by atomic mass is 10.2. The smallest absolute Gasteiger partial charge is 0.225 e. The van der Waals surface area contributed by atoms with Gasteiger partial charge in [0, 0.05) is 43.2 Å². The molecule has 0 radical (unpaired) electrons. The van der Waals surface area contributed by atoms with E-state index in [0.717, 1.165) is 19.0 Å². The van der Waals surface area contributed by atoms with E-state index in [0.29, 0.717) is 47.3 Å². The van der Waals surface area contributed by atoms with E-state index in [-0.39, 0.29) is 5.82 Å². The van der Waals surface area contributed by atoms with Gasteiger partial charge >= 0.3 is 0 Å². The summed E-state index contributed by atoms with van der Waals surface area (Å²) < 4.78 is 19.8. The van der Waals surface area contributed by atoms with Gasteiger partial charge in [-0.1, -0.05) is 0 Å². The number of ether oxygens (including phenoxy) is 1. The zero-order valence-corrected chi connectivity index (χ0v) is 16.5. The predicted octanol–water partition coefficient (Wildman–Crippen LogP) is 3.71. The molecule has 3 aromatic heterocycles. The van der Waals surface area contributed by atoms with Gasteiger partial charge in [0.1, 0.15) is 5.75 Å². The van der Waals surface area contributed by atoms with Crippen molar-refractivity contribution in [1.29, 1.82) is 0 Å². The second kappa shape index (κ2) is 7.00. The highest BCUT2D eigenvalue weighted by atomic mass is 19.1. The van der Waals surface area contributed by atoms with Crippen LogP contribution >= 0.6 is 0 Å². The fraction of sp³-hybridized carbons (Fsp3) is 0.391. The molecule has 2 saturated carbocycles. The van der Waals surface area contributed by atoms with Crippen LogP contribution in [0.15, 0.2) is 49.2 Å². The lowest BCUT2D eigenvalue weighted by Crippen LogP contribution is -2.27. The molecule has 7 heteroatoms. The van der Waals surface area contributed by atoms with E-state index >= 15 is 0 Å². The van der Waals surface area contributed by atoms with Gasteiger partial charge in [-0.25, -0.2) is 14.4 Å². The molecule has 0 bridgehead atoms. The van der Waals surface area contributed by atoms with E-state index in [4.69, 9.17) is 4.74 Å². The topological polar surface area (TPSA) is 64.0 Å². The first-order valence-corrected chi connectivity index (χ1v) is 10.5. The summed E-state index contributed by atoms with van der Waals surface area (Å²) >= 11 is 0. The van der Waals surface area contributed by atoms with Crippen molar-refractivity contribution in [2.45, 2.75) is 18.8 Å². The average Bonchev–Trinajstić information content (AvgIpc) is 3.70. The summed E-state index contributed by atoms with van der Waals surface area (Å²) in [7, 11) is 0. The Balaban J connectivity index is 1.02. The quantitative estimate of drug-likeness (QED) is 0.625. The second-order valence-electron chi connectivity index (χ2n) is 8.53. The number of rotatable bonds is 6. The van der Waals surface area contributed by atoms with Gasteiger partial charge in [-0.2, -0.15) is 0 Å². The van der Waals surface area contributed by atoms with Gasteiger partial charge < -0.3 is 9.64 Å². The standard InChI is InChI=1S/C23H22FN5O/c24-21-10-25-6-5-17(21)22-4-3-16(9-26-22)30-13-20-18-11-29(12-19(18)20)23-27-7-15(8-28-23)14-1-2-14/h3-10,14,18-20H,1-2,11-13H2.